The van der Waals surface area contributed by atoms with E-state index in [9.17, 15) is 27.4 Å². The molecule has 0 bridgehead atoms. The van der Waals surface area contributed by atoms with Crippen molar-refractivity contribution in [1.82, 2.24) is 0 Å². The number of carbonyl (C=O) groups is 3. The summed E-state index contributed by atoms with van der Waals surface area (Å²) in [6.45, 7) is 1.34. The van der Waals surface area contributed by atoms with Gasteiger partial charge in [0.1, 0.15) is 10.7 Å². The topological polar surface area (TPSA) is 130 Å². The Labute approximate surface area is 155 Å². The number of carbonyl (C=O) groups excluding carboxylic acids is 3. The fourth-order valence-corrected chi connectivity index (χ4v) is 3.79. The minimum Gasteiger partial charge on any atom is -0.388 e. The highest BCUT2D eigenvalue weighted by molar-refractivity contribution is 7.86. The Balaban J connectivity index is 2.32. The molecule has 0 unspecified atom stereocenters. The lowest BCUT2D eigenvalue weighted by Crippen LogP contribution is -2.26. The van der Waals surface area contributed by atoms with E-state index < -0.39 is 26.6 Å². The fraction of sp³-hybridized carbons (Fsp3) is 0.167. The first kappa shape index (κ1) is 18.7. The van der Waals surface area contributed by atoms with E-state index in [1.807, 2.05) is 0 Å². The normalized spacial score (nSPS) is 13.0. The van der Waals surface area contributed by atoms with Crippen LogP contribution in [0.4, 0.5) is 11.4 Å². The minimum atomic E-state index is -4.71. The summed E-state index contributed by atoms with van der Waals surface area (Å²) < 4.78 is 32.9. The van der Waals surface area contributed by atoms with Crippen molar-refractivity contribution in [1.29, 1.82) is 0 Å². The van der Waals surface area contributed by atoms with Crippen LogP contribution < -0.4 is 10.6 Å². The van der Waals surface area contributed by atoms with Crippen molar-refractivity contribution >= 4 is 38.8 Å². The van der Waals surface area contributed by atoms with Crippen LogP contribution in [0.25, 0.3) is 0 Å². The molecular formula is C18H16N2O6S. The lowest BCUT2D eigenvalue weighted by molar-refractivity contribution is -0.115. The van der Waals surface area contributed by atoms with Gasteiger partial charge in [0.25, 0.3) is 10.1 Å². The van der Waals surface area contributed by atoms with Crippen LogP contribution in [-0.4, -0.2) is 43.9 Å². The molecule has 0 atom stereocenters. The van der Waals surface area contributed by atoms with Gasteiger partial charge < -0.3 is 10.6 Å². The number of fused-ring (bicyclic) bond motifs is 2. The number of hydrogen-bond donors (Lipinski definition) is 3. The molecule has 0 saturated heterocycles. The zero-order valence-corrected chi connectivity index (χ0v) is 15.3. The summed E-state index contributed by atoms with van der Waals surface area (Å²) in [6.07, 6.45) is 0. The molecule has 0 saturated carbocycles. The monoisotopic (exact) mass is 388 g/mol. The number of hydrogen-bond acceptors (Lipinski definition) is 7. The zero-order valence-electron chi connectivity index (χ0n) is 14.5. The predicted octanol–water partition coefficient (Wildman–Crippen LogP) is 1.75. The van der Waals surface area contributed by atoms with Gasteiger partial charge in [-0.15, -0.1) is 0 Å². The van der Waals surface area contributed by atoms with Gasteiger partial charge in [-0.1, -0.05) is 12.1 Å². The highest BCUT2D eigenvalue weighted by atomic mass is 32.2. The highest BCUT2D eigenvalue weighted by Gasteiger charge is 2.37. The largest absolute Gasteiger partial charge is 0.388 e. The molecule has 2 aromatic rings. The Bertz CT molecular complexity index is 1110. The Morgan fingerprint density at radius 3 is 2.22 bits per heavy atom. The lowest BCUT2D eigenvalue weighted by atomic mass is 9.82. The maximum Gasteiger partial charge on any atom is 0.295 e. The molecule has 27 heavy (non-hydrogen) atoms. The summed E-state index contributed by atoms with van der Waals surface area (Å²) in [6, 6.07) is 6.79. The van der Waals surface area contributed by atoms with Gasteiger partial charge in [0.05, 0.1) is 23.2 Å². The summed E-state index contributed by atoms with van der Waals surface area (Å²) in [7, 11) is -3.15. The Morgan fingerprint density at radius 2 is 1.63 bits per heavy atom. The molecule has 8 nitrogen and oxygen atoms in total. The van der Waals surface area contributed by atoms with Gasteiger partial charge in [-0.05, 0) is 25.1 Å². The smallest absolute Gasteiger partial charge is 0.295 e. The van der Waals surface area contributed by atoms with Crippen LogP contribution >= 0.6 is 0 Å². The summed E-state index contributed by atoms with van der Waals surface area (Å²) in [5.41, 5.74) is 0.167. The molecule has 2 aromatic carbocycles. The van der Waals surface area contributed by atoms with Crippen molar-refractivity contribution in [3.05, 3.63) is 52.6 Å². The van der Waals surface area contributed by atoms with Gasteiger partial charge in [0, 0.05) is 24.0 Å². The highest BCUT2D eigenvalue weighted by Crippen LogP contribution is 2.38. The second-order valence-electron chi connectivity index (χ2n) is 6.03. The van der Waals surface area contributed by atoms with Crippen molar-refractivity contribution in [2.45, 2.75) is 11.8 Å². The molecule has 3 N–H and O–H groups in total. The van der Waals surface area contributed by atoms with Crippen molar-refractivity contribution in [3.8, 4) is 0 Å². The molecule has 1 aliphatic rings. The van der Waals surface area contributed by atoms with Gasteiger partial charge in [0.2, 0.25) is 0 Å². The van der Waals surface area contributed by atoms with Crippen LogP contribution in [0.15, 0.2) is 35.2 Å². The number of ketones is 3. The molecule has 0 aliphatic heterocycles. The zero-order chi connectivity index (χ0) is 19.9. The lowest BCUT2D eigenvalue weighted by Gasteiger charge is -2.24. The Morgan fingerprint density at radius 1 is 1.00 bits per heavy atom. The number of nitrogens with one attached hydrogen (secondary N) is 2. The van der Waals surface area contributed by atoms with E-state index in [4.69, 9.17) is 0 Å². The van der Waals surface area contributed by atoms with Crippen molar-refractivity contribution in [2.75, 3.05) is 24.2 Å². The summed E-state index contributed by atoms with van der Waals surface area (Å²) in [5.74, 6) is -1.44. The maximum absolute atomic E-state index is 13.1. The van der Waals surface area contributed by atoms with Crippen LogP contribution in [0, 0.1) is 0 Å². The minimum absolute atomic E-state index is 0.0142. The predicted molar refractivity (Wildman–Crippen MR) is 98.3 cm³/mol. The summed E-state index contributed by atoms with van der Waals surface area (Å²) in [4.78, 5) is 36.9. The molecule has 1 aliphatic carbocycles. The number of rotatable bonds is 5. The second kappa shape index (κ2) is 6.60. The van der Waals surface area contributed by atoms with Gasteiger partial charge in [-0.2, -0.15) is 8.42 Å². The summed E-state index contributed by atoms with van der Waals surface area (Å²) >= 11 is 0. The number of Topliss-reactive ketones (excluding diaryl/α,β-unsaturated/α-hetero) is 1. The molecule has 0 spiro atoms. The summed E-state index contributed by atoms with van der Waals surface area (Å²) in [5, 5.41) is 5.64. The first-order chi connectivity index (χ1) is 12.7. The van der Waals surface area contributed by atoms with Crippen molar-refractivity contribution in [2.24, 2.45) is 0 Å². The second-order valence-corrected chi connectivity index (χ2v) is 7.42. The first-order valence-corrected chi connectivity index (χ1v) is 9.38. The third-order valence-corrected chi connectivity index (χ3v) is 5.13. The van der Waals surface area contributed by atoms with E-state index in [-0.39, 0.29) is 34.6 Å². The van der Waals surface area contributed by atoms with Crippen LogP contribution in [-0.2, 0) is 14.9 Å². The number of benzene rings is 2. The van der Waals surface area contributed by atoms with E-state index >= 15 is 0 Å². The van der Waals surface area contributed by atoms with Gasteiger partial charge in [-0.25, -0.2) is 0 Å². The first-order valence-electron chi connectivity index (χ1n) is 7.94. The van der Waals surface area contributed by atoms with Crippen LogP contribution in [0.2, 0.25) is 0 Å². The van der Waals surface area contributed by atoms with E-state index in [1.54, 1.807) is 19.2 Å². The van der Waals surface area contributed by atoms with Crippen LogP contribution in [0.3, 0.4) is 0 Å². The van der Waals surface area contributed by atoms with Crippen molar-refractivity contribution in [3.63, 3.8) is 0 Å². The Hall–Kier alpha value is -3.04. The molecule has 3 rings (SSSR count). The molecule has 0 fully saturated rings. The molecular weight excluding hydrogens is 372 g/mol. The number of anilines is 2. The average molecular weight is 388 g/mol. The Kier molecular flexibility index (Phi) is 4.58. The maximum atomic E-state index is 13.1. The third kappa shape index (κ3) is 3.11. The average Bonchev–Trinajstić information content (AvgIpc) is 2.62. The fourth-order valence-electron chi connectivity index (χ4n) is 3.08. The molecule has 140 valence electrons. The van der Waals surface area contributed by atoms with Crippen LogP contribution in [0.1, 0.15) is 38.8 Å². The van der Waals surface area contributed by atoms with Gasteiger partial charge >= 0.3 is 0 Å². The van der Waals surface area contributed by atoms with Crippen LogP contribution in [0.5, 0.6) is 0 Å². The van der Waals surface area contributed by atoms with E-state index in [0.29, 0.717) is 11.4 Å². The molecule has 9 heteroatoms. The van der Waals surface area contributed by atoms with E-state index in [0.717, 1.165) is 6.07 Å². The van der Waals surface area contributed by atoms with Gasteiger partial charge in [0.15, 0.2) is 11.6 Å². The van der Waals surface area contributed by atoms with Gasteiger partial charge in [-0.3, -0.25) is 18.9 Å². The van der Waals surface area contributed by atoms with E-state index in [2.05, 4.69) is 10.6 Å². The molecule has 0 heterocycles. The molecule has 0 radical (unpaired) electrons. The third-order valence-electron chi connectivity index (χ3n) is 4.23. The molecule has 0 aromatic heterocycles. The van der Waals surface area contributed by atoms with E-state index in [1.165, 1.54) is 19.1 Å². The quantitative estimate of drug-likeness (QED) is 0.564. The molecule has 0 amide bonds. The SMILES string of the molecule is CNc1ccc(NCC(C)=O)c2c1C(=O)c1c(cccc1S(=O)(=O)O)C2=O. The van der Waals surface area contributed by atoms with Crippen molar-refractivity contribution < 1.29 is 27.4 Å². The standard InChI is InChI=1S/C18H16N2O6S/c1-9(21)8-20-12-7-6-11(19-2)15-16(12)17(22)10-4-3-5-13(27(24,25)26)14(10)18(15)23/h3-7,19-20H,8H2,1-2H3,(H,24,25,26).